The highest BCUT2D eigenvalue weighted by Crippen LogP contribution is 2.42. The molecule has 0 aliphatic heterocycles. The van der Waals surface area contributed by atoms with Crippen molar-refractivity contribution in [3.8, 4) is 0 Å². The second-order valence-electron chi connectivity index (χ2n) is 11.4. The molecule has 31 heavy (non-hydrogen) atoms. The molecule has 0 aromatic carbocycles. The Balaban J connectivity index is 3.90. The number of hydrogen-bond donors (Lipinski definition) is 0. The zero-order chi connectivity index (χ0) is 24.5. The summed E-state index contributed by atoms with van der Waals surface area (Å²) in [4.78, 5) is 41.5. The van der Waals surface area contributed by atoms with Gasteiger partial charge in [-0.15, -0.1) is 0 Å². The van der Waals surface area contributed by atoms with Crippen LogP contribution < -0.4 is 0 Å². The third-order valence-electron chi connectivity index (χ3n) is 4.88. The standard InChI is InChI=1S/C24H41NO5Si/c1-13-15-16(20(26)25(8)9)14-17(31(10,11)12)19(22(28)30-24(5,6)7)18(15)21(27)29-23(2,3)4/h14-16H,13H2,1-12H3/t15-,16+/m1/s1. The maximum absolute atomic E-state index is 13.4. The van der Waals surface area contributed by atoms with Gasteiger partial charge in [-0.25, -0.2) is 9.59 Å². The van der Waals surface area contributed by atoms with Crippen LogP contribution in [0.4, 0.5) is 0 Å². The summed E-state index contributed by atoms with van der Waals surface area (Å²) in [6.45, 7) is 19.0. The summed E-state index contributed by atoms with van der Waals surface area (Å²) in [6, 6.07) is 0. The number of hydrogen-bond acceptors (Lipinski definition) is 5. The average molecular weight is 452 g/mol. The Morgan fingerprint density at radius 2 is 1.39 bits per heavy atom. The lowest BCUT2D eigenvalue weighted by Crippen LogP contribution is -2.43. The Bertz CT molecular complexity index is 788. The quantitative estimate of drug-likeness (QED) is 0.454. The summed E-state index contributed by atoms with van der Waals surface area (Å²) >= 11 is 0. The summed E-state index contributed by atoms with van der Waals surface area (Å²) in [5.41, 5.74) is -0.890. The highest BCUT2D eigenvalue weighted by molar-refractivity contribution is 6.84. The molecule has 0 saturated heterocycles. The molecule has 0 spiro atoms. The number of nitrogens with zero attached hydrogens (tertiary/aromatic N) is 1. The van der Waals surface area contributed by atoms with Gasteiger partial charge in [-0.1, -0.05) is 32.6 Å². The fraction of sp³-hybridized carbons (Fsp3) is 0.708. The van der Waals surface area contributed by atoms with E-state index in [-0.39, 0.29) is 17.1 Å². The van der Waals surface area contributed by atoms with Crippen LogP contribution in [0.3, 0.4) is 0 Å². The lowest BCUT2D eigenvalue weighted by Gasteiger charge is -2.37. The molecule has 0 aromatic rings. The first kappa shape index (κ1) is 27.1. The van der Waals surface area contributed by atoms with Crippen molar-refractivity contribution in [1.82, 2.24) is 4.90 Å². The largest absolute Gasteiger partial charge is 0.457 e. The third-order valence-corrected chi connectivity index (χ3v) is 6.92. The summed E-state index contributed by atoms with van der Waals surface area (Å²) < 4.78 is 11.5. The molecule has 6 nitrogen and oxygen atoms in total. The minimum absolute atomic E-state index is 0.0908. The predicted octanol–water partition coefficient (Wildman–Crippen LogP) is 4.51. The summed E-state index contributed by atoms with van der Waals surface area (Å²) in [7, 11) is 1.27. The molecule has 2 atom stereocenters. The van der Waals surface area contributed by atoms with Crippen LogP contribution in [-0.2, 0) is 23.9 Å². The zero-order valence-corrected chi connectivity index (χ0v) is 22.4. The molecule has 176 valence electrons. The second-order valence-corrected chi connectivity index (χ2v) is 16.4. The van der Waals surface area contributed by atoms with Crippen molar-refractivity contribution in [3.63, 3.8) is 0 Å². The topological polar surface area (TPSA) is 72.9 Å². The van der Waals surface area contributed by atoms with Gasteiger partial charge in [0.25, 0.3) is 0 Å². The molecule has 0 bridgehead atoms. The van der Waals surface area contributed by atoms with E-state index >= 15 is 0 Å². The van der Waals surface area contributed by atoms with Gasteiger partial charge < -0.3 is 14.4 Å². The van der Waals surface area contributed by atoms with E-state index in [0.29, 0.717) is 6.42 Å². The van der Waals surface area contributed by atoms with Crippen molar-refractivity contribution in [2.75, 3.05) is 14.1 Å². The van der Waals surface area contributed by atoms with E-state index in [1.807, 2.05) is 13.0 Å². The van der Waals surface area contributed by atoms with Gasteiger partial charge in [0.2, 0.25) is 5.91 Å². The molecule has 0 unspecified atom stereocenters. The van der Waals surface area contributed by atoms with E-state index in [0.717, 1.165) is 5.20 Å². The number of ether oxygens (including phenoxy) is 2. The van der Waals surface area contributed by atoms with Gasteiger partial charge in [0.1, 0.15) is 11.2 Å². The lowest BCUT2D eigenvalue weighted by atomic mass is 9.76. The van der Waals surface area contributed by atoms with Crippen LogP contribution in [0.5, 0.6) is 0 Å². The molecule has 0 aromatic heterocycles. The summed E-state index contributed by atoms with van der Waals surface area (Å²) in [6.07, 6.45) is 2.43. The third kappa shape index (κ3) is 7.06. The predicted molar refractivity (Wildman–Crippen MR) is 126 cm³/mol. The molecule has 7 heteroatoms. The first-order valence-electron chi connectivity index (χ1n) is 10.9. The smallest absolute Gasteiger partial charge is 0.339 e. The maximum Gasteiger partial charge on any atom is 0.339 e. The van der Waals surface area contributed by atoms with Gasteiger partial charge in [0, 0.05) is 20.0 Å². The molecule has 1 aliphatic carbocycles. The van der Waals surface area contributed by atoms with Crippen LogP contribution in [0.25, 0.3) is 0 Å². The summed E-state index contributed by atoms with van der Waals surface area (Å²) in [5.74, 6) is -2.17. The first-order chi connectivity index (χ1) is 13.8. The number of rotatable bonds is 5. The number of amides is 1. The number of carbonyl (C=O) groups excluding carboxylic acids is 3. The minimum atomic E-state index is -2.14. The van der Waals surface area contributed by atoms with Gasteiger partial charge in [-0.3, -0.25) is 4.79 Å². The fourth-order valence-electron chi connectivity index (χ4n) is 3.65. The van der Waals surface area contributed by atoms with Crippen molar-refractivity contribution in [1.29, 1.82) is 0 Å². The molecule has 1 rings (SSSR count). The van der Waals surface area contributed by atoms with Crippen LogP contribution in [0, 0.1) is 11.8 Å². The van der Waals surface area contributed by atoms with Crippen LogP contribution in [-0.4, -0.2) is 56.1 Å². The molecule has 0 N–H and O–H groups in total. The molecule has 0 saturated carbocycles. The van der Waals surface area contributed by atoms with Crippen LogP contribution in [0.2, 0.25) is 19.6 Å². The summed E-state index contributed by atoms with van der Waals surface area (Å²) in [5, 5.41) is 0.771. The molecule has 1 amide bonds. The molecular formula is C24H41NO5Si. The van der Waals surface area contributed by atoms with Gasteiger partial charge in [-0.05, 0) is 53.2 Å². The lowest BCUT2D eigenvalue weighted by molar-refractivity contribution is -0.154. The van der Waals surface area contributed by atoms with E-state index in [1.165, 1.54) is 4.90 Å². The Labute approximate surface area is 189 Å². The highest BCUT2D eigenvalue weighted by atomic mass is 28.3. The molecule has 0 heterocycles. The Hall–Kier alpha value is -1.89. The Morgan fingerprint density at radius 1 is 0.935 bits per heavy atom. The normalized spacial score (nSPS) is 20.2. The van der Waals surface area contributed by atoms with E-state index in [2.05, 4.69) is 19.6 Å². The van der Waals surface area contributed by atoms with E-state index < -0.39 is 43.1 Å². The SMILES string of the molecule is CC[C@H]1C(C(=O)OC(C)(C)C)=C(C(=O)OC(C)(C)C)C([Si](C)(C)C)=C[C@@H]1C(=O)N(C)C. The fourth-order valence-corrected chi connectivity index (χ4v) is 5.32. The van der Waals surface area contributed by atoms with Crippen molar-refractivity contribution < 1.29 is 23.9 Å². The van der Waals surface area contributed by atoms with Gasteiger partial charge in [-0.2, -0.15) is 0 Å². The molecular weight excluding hydrogens is 410 g/mol. The zero-order valence-electron chi connectivity index (χ0n) is 21.4. The van der Waals surface area contributed by atoms with E-state index in [4.69, 9.17) is 9.47 Å². The van der Waals surface area contributed by atoms with Crippen LogP contribution >= 0.6 is 0 Å². The van der Waals surface area contributed by atoms with Crippen LogP contribution in [0.15, 0.2) is 22.4 Å². The first-order valence-corrected chi connectivity index (χ1v) is 14.4. The van der Waals surface area contributed by atoms with Gasteiger partial charge in [0.05, 0.1) is 25.1 Å². The Kier molecular flexibility index (Phi) is 8.15. The molecule has 1 aliphatic rings. The van der Waals surface area contributed by atoms with Crippen molar-refractivity contribution >= 4 is 25.9 Å². The molecule has 0 fully saturated rings. The monoisotopic (exact) mass is 451 g/mol. The number of esters is 2. The van der Waals surface area contributed by atoms with Crippen molar-refractivity contribution in [2.24, 2.45) is 11.8 Å². The van der Waals surface area contributed by atoms with E-state index in [1.54, 1.807) is 55.6 Å². The van der Waals surface area contributed by atoms with Crippen molar-refractivity contribution in [2.45, 2.75) is 85.7 Å². The van der Waals surface area contributed by atoms with E-state index in [9.17, 15) is 14.4 Å². The Morgan fingerprint density at radius 3 is 1.74 bits per heavy atom. The van der Waals surface area contributed by atoms with Gasteiger partial charge in [0.15, 0.2) is 0 Å². The average Bonchev–Trinajstić information content (AvgIpc) is 2.54. The van der Waals surface area contributed by atoms with Gasteiger partial charge >= 0.3 is 11.9 Å². The van der Waals surface area contributed by atoms with Crippen molar-refractivity contribution in [3.05, 3.63) is 22.4 Å². The number of carbonyl (C=O) groups is 3. The second kappa shape index (κ2) is 9.31. The maximum atomic E-state index is 13.4. The highest BCUT2D eigenvalue weighted by Gasteiger charge is 2.45. The molecule has 0 radical (unpaired) electrons. The minimum Gasteiger partial charge on any atom is -0.457 e. The van der Waals surface area contributed by atoms with Crippen LogP contribution in [0.1, 0.15) is 54.9 Å².